The van der Waals surface area contributed by atoms with Crippen LogP contribution in [0.2, 0.25) is 0 Å². The monoisotopic (exact) mass is 561 g/mol. The summed E-state index contributed by atoms with van der Waals surface area (Å²) < 4.78 is 44.0. The zero-order valence-electron chi connectivity index (χ0n) is 22.7. The summed E-state index contributed by atoms with van der Waals surface area (Å²) in [4.78, 5) is 24.4. The first-order valence-corrected chi connectivity index (χ1v) is 12.7. The number of hydrogen-bond donors (Lipinski definition) is 2. The van der Waals surface area contributed by atoms with Crippen LogP contribution >= 0.6 is 0 Å². The van der Waals surface area contributed by atoms with E-state index in [9.17, 15) is 23.5 Å². The summed E-state index contributed by atoms with van der Waals surface area (Å²) in [7, 11) is 0. The molecule has 0 heterocycles. The fourth-order valence-corrected chi connectivity index (χ4v) is 3.81. The maximum absolute atomic E-state index is 13.3. The molecule has 212 valence electrons. The molecule has 0 saturated heterocycles. The number of para-hydroxylation sites is 1. The minimum Gasteiger partial charge on any atom is -0.478 e. The SMILES string of the molecule is Cc1cc(Oc2cccc(CNC(=O)c3ccc(C(F)F)cc3Oc3ccccc3)c2)ccc1OC(C)(C)C(=O)O. The van der Waals surface area contributed by atoms with Crippen LogP contribution in [0.15, 0.2) is 91.0 Å². The molecule has 2 N–H and O–H groups in total. The molecule has 7 nitrogen and oxygen atoms in total. The number of alkyl halides is 2. The first kappa shape index (κ1) is 29.1. The predicted molar refractivity (Wildman–Crippen MR) is 149 cm³/mol. The highest BCUT2D eigenvalue weighted by atomic mass is 19.3. The molecule has 0 fully saturated rings. The lowest BCUT2D eigenvalue weighted by Gasteiger charge is -2.23. The van der Waals surface area contributed by atoms with Crippen LogP contribution in [-0.2, 0) is 11.3 Å². The molecular weight excluding hydrogens is 532 g/mol. The third kappa shape index (κ3) is 7.60. The first-order valence-electron chi connectivity index (χ1n) is 12.7. The second-order valence-electron chi connectivity index (χ2n) is 9.75. The molecule has 0 saturated carbocycles. The minimum absolute atomic E-state index is 0.0260. The molecule has 0 spiro atoms. The van der Waals surface area contributed by atoms with E-state index in [-0.39, 0.29) is 23.4 Å². The van der Waals surface area contributed by atoms with Crippen molar-refractivity contribution in [2.24, 2.45) is 0 Å². The number of amides is 1. The molecule has 9 heteroatoms. The highest BCUT2D eigenvalue weighted by Crippen LogP contribution is 2.32. The summed E-state index contributed by atoms with van der Waals surface area (Å²) >= 11 is 0. The number of carboxylic acids is 1. The number of aliphatic carboxylic acids is 1. The van der Waals surface area contributed by atoms with Gasteiger partial charge in [0.05, 0.1) is 5.56 Å². The van der Waals surface area contributed by atoms with Gasteiger partial charge in [-0.25, -0.2) is 13.6 Å². The molecule has 0 unspecified atom stereocenters. The van der Waals surface area contributed by atoms with E-state index in [0.29, 0.717) is 28.6 Å². The summed E-state index contributed by atoms with van der Waals surface area (Å²) in [6.45, 7) is 4.88. The molecule has 0 aliphatic heterocycles. The van der Waals surface area contributed by atoms with Gasteiger partial charge in [0.25, 0.3) is 12.3 Å². The fourth-order valence-electron chi connectivity index (χ4n) is 3.81. The van der Waals surface area contributed by atoms with Crippen molar-refractivity contribution in [3.63, 3.8) is 0 Å². The van der Waals surface area contributed by atoms with E-state index in [1.54, 1.807) is 73.7 Å². The van der Waals surface area contributed by atoms with E-state index < -0.39 is 23.9 Å². The van der Waals surface area contributed by atoms with Crippen molar-refractivity contribution >= 4 is 11.9 Å². The Labute approximate surface area is 236 Å². The highest BCUT2D eigenvalue weighted by Gasteiger charge is 2.30. The van der Waals surface area contributed by atoms with Gasteiger partial charge in [-0.1, -0.05) is 36.4 Å². The average Bonchev–Trinajstić information content (AvgIpc) is 2.94. The van der Waals surface area contributed by atoms with Gasteiger partial charge in [0, 0.05) is 12.1 Å². The summed E-state index contributed by atoms with van der Waals surface area (Å²) in [5.74, 6) is 0.343. The topological polar surface area (TPSA) is 94.1 Å². The van der Waals surface area contributed by atoms with E-state index in [1.165, 1.54) is 32.0 Å². The number of aryl methyl sites for hydroxylation is 1. The Bertz CT molecular complexity index is 1540. The largest absolute Gasteiger partial charge is 0.478 e. The molecule has 4 rings (SSSR count). The Kier molecular flexibility index (Phi) is 8.87. The Balaban J connectivity index is 1.44. The van der Waals surface area contributed by atoms with Gasteiger partial charge in [-0.15, -0.1) is 0 Å². The molecule has 41 heavy (non-hydrogen) atoms. The number of carbonyl (C=O) groups excluding carboxylic acids is 1. The molecule has 0 atom stereocenters. The van der Waals surface area contributed by atoms with E-state index in [2.05, 4.69) is 5.32 Å². The van der Waals surface area contributed by atoms with Gasteiger partial charge in [0.15, 0.2) is 5.60 Å². The molecule has 0 bridgehead atoms. The number of ether oxygens (including phenoxy) is 3. The Hall–Kier alpha value is -4.92. The van der Waals surface area contributed by atoms with Gasteiger partial charge >= 0.3 is 5.97 Å². The number of hydrogen-bond acceptors (Lipinski definition) is 5. The lowest BCUT2D eigenvalue weighted by atomic mass is 10.1. The lowest BCUT2D eigenvalue weighted by Crippen LogP contribution is -2.38. The maximum Gasteiger partial charge on any atom is 0.347 e. The molecule has 4 aromatic rings. The third-order valence-corrected chi connectivity index (χ3v) is 6.09. The van der Waals surface area contributed by atoms with Gasteiger partial charge in [-0.2, -0.15) is 0 Å². The lowest BCUT2D eigenvalue weighted by molar-refractivity contribution is -0.152. The van der Waals surface area contributed by atoms with Crippen molar-refractivity contribution in [2.45, 2.75) is 39.3 Å². The van der Waals surface area contributed by atoms with Crippen molar-refractivity contribution in [3.8, 4) is 28.7 Å². The van der Waals surface area contributed by atoms with Crippen LogP contribution in [-0.4, -0.2) is 22.6 Å². The Morgan fingerprint density at radius 2 is 1.54 bits per heavy atom. The third-order valence-electron chi connectivity index (χ3n) is 6.09. The predicted octanol–water partition coefficient (Wildman–Crippen LogP) is 7.69. The van der Waals surface area contributed by atoms with E-state index >= 15 is 0 Å². The molecular formula is C32H29F2NO6. The normalized spacial score (nSPS) is 11.2. The summed E-state index contributed by atoms with van der Waals surface area (Å²) in [5, 5.41) is 12.1. The van der Waals surface area contributed by atoms with Crippen LogP contribution < -0.4 is 19.5 Å². The second kappa shape index (κ2) is 12.5. The second-order valence-corrected chi connectivity index (χ2v) is 9.75. The van der Waals surface area contributed by atoms with Crippen LogP contribution in [0.5, 0.6) is 28.7 Å². The molecule has 0 aliphatic carbocycles. The molecule has 0 aliphatic rings. The molecule has 0 aromatic heterocycles. The van der Waals surface area contributed by atoms with Crippen molar-refractivity contribution < 1.29 is 37.7 Å². The van der Waals surface area contributed by atoms with Crippen LogP contribution in [0.4, 0.5) is 8.78 Å². The van der Waals surface area contributed by atoms with Crippen LogP contribution in [0.25, 0.3) is 0 Å². The number of nitrogens with one attached hydrogen (secondary N) is 1. The van der Waals surface area contributed by atoms with Crippen LogP contribution in [0.1, 0.15) is 47.3 Å². The zero-order chi connectivity index (χ0) is 29.6. The first-order chi connectivity index (χ1) is 19.5. The van der Waals surface area contributed by atoms with Gasteiger partial charge in [0.1, 0.15) is 28.7 Å². The number of rotatable bonds is 11. The van der Waals surface area contributed by atoms with E-state index in [4.69, 9.17) is 14.2 Å². The number of halogens is 2. The Morgan fingerprint density at radius 3 is 2.22 bits per heavy atom. The van der Waals surface area contributed by atoms with Crippen molar-refractivity contribution in [1.29, 1.82) is 0 Å². The van der Waals surface area contributed by atoms with Gasteiger partial charge in [-0.3, -0.25) is 4.79 Å². The molecule has 4 aromatic carbocycles. The van der Waals surface area contributed by atoms with E-state index in [0.717, 1.165) is 5.56 Å². The molecule has 0 radical (unpaired) electrons. The van der Waals surface area contributed by atoms with Gasteiger partial charge in [-0.05, 0) is 86.5 Å². The number of benzene rings is 4. The number of carboxylic acid groups (broad SMARTS) is 1. The standard InChI is InChI=1S/C32H29F2NO6/c1-20-16-25(13-15-27(20)41-32(2,3)31(37)38)39-24-11-7-8-21(17-24)19-35-30(36)26-14-12-22(29(33)34)18-28(26)40-23-9-5-4-6-10-23/h4-18,29H,19H2,1-3H3,(H,35,36)(H,37,38). The maximum atomic E-state index is 13.3. The Morgan fingerprint density at radius 1 is 0.829 bits per heavy atom. The van der Waals surface area contributed by atoms with Crippen molar-refractivity contribution in [1.82, 2.24) is 5.32 Å². The fraction of sp³-hybridized carbons (Fsp3) is 0.188. The summed E-state index contributed by atoms with van der Waals surface area (Å²) in [5.41, 5.74) is -0.0740. The van der Waals surface area contributed by atoms with E-state index in [1.807, 2.05) is 6.07 Å². The van der Waals surface area contributed by atoms with Crippen molar-refractivity contribution in [2.75, 3.05) is 0 Å². The van der Waals surface area contributed by atoms with Crippen molar-refractivity contribution in [3.05, 3.63) is 113 Å². The quantitative estimate of drug-likeness (QED) is 0.195. The highest BCUT2D eigenvalue weighted by molar-refractivity contribution is 5.97. The van der Waals surface area contributed by atoms with Crippen LogP contribution in [0.3, 0.4) is 0 Å². The zero-order valence-corrected chi connectivity index (χ0v) is 22.7. The summed E-state index contributed by atoms with van der Waals surface area (Å²) in [6.07, 6.45) is -2.71. The smallest absolute Gasteiger partial charge is 0.347 e. The summed E-state index contributed by atoms with van der Waals surface area (Å²) in [6, 6.07) is 24.5. The van der Waals surface area contributed by atoms with Crippen LogP contribution in [0, 0.1) is 6.92 Å². The molecule has 1 amide bonds. The minimum atomic E-state index is -2.71. The van der Waals surface area contributed by atoms with Gasteiger partial charge in [0.2, 0.25) is 0 Å². The number of carbonyl (C=O) groups is 2. The van der Waals surface area contributed by atoms with Gasteiger partial charge < -0.3 is 24.6 Å². The average molecular weight is 562 g/mol.